The maximum absolute atomic E-state index is 6.44. The lowest BCUT2D eigenvalue weighted by Crippen LogP contribution is -2.10. The normalized spacial score (nSPS) is 11.5. The molecule has 0 unspecified atom stereocenters. The third-order valence-corrected chi connectivity index (χ3v) is 10.0. The van der Waals surface area contributed by atoms with Crippen LogP contribution in [-0.4, -0.2) is 4.57 Å². The van der Waals surface area contributed by atoms with E-state index in [0.717, 1.165) is 66.9 Å². The zero-order chi connectivity index (χ0) is 33.7. The Kier molecular flexibility index (Phi) is 6.81. The summed E-state index contributed by atoms with van der Waals surface area (Å²) in [6, 6.07) is 69.0. The van der Waals surface area contributed by atoms with E-state index < -0.39 is 0 Å². The third kappa shape index (κ3) is 4.90. The molecule has 0 aliphatic rings. The third-order valence-electron chi connectivity index (χ3n) is 10.0. The van der Waals surface area contributed by atoms with Crippen LogP contribution in [0, 0.1) is 0 Å². The largest absolute Gasteiger partial charge is 0.455 e. The van der Waals surface area contributed by atoms with E-state index in [2.05, 4.69) is 198 Å². The maximum atomic E-state index is 6.44. The van der Waals surface area contributed by atoms with Gasteiger partial charge in [-0.15, -0.1) is 0 Å². The van der Waals surface area contributed by atoms with Crippen LogP contribution in [0.1, 0.15) is 0 Å². The van der Waals surface area contributed by atoms with Crippen molar-refractivity contribution < 1.29 is 4.42 Å². The molecule has 10 aromatic rings. The number of furan rings is 1. The summed E-state index contributed by atoms with van der Waals surface area (Å²) in [4.78, 5) is 2.32. The van der Waals surface area contributed by atoms with Gasteiger partial charge in [-0.1, -0.05) is 121 Å². The lowest BCUT2D eigenvalue weighted by molar-refractivity contribution is 0.670. The van der Waals surface area contributed by atoms with Crippen LogP contribution in [0.2, 0.25) is 0 Å². The van der Waals surface area contributed by atoms with E-state index in [4.69, 9.17) is 4.42 Å². The van der Waals surface area contributed by atoms with Crippen molar-refractivity contribution >= 4 is 60.8 Å². The molecule has 2 aromatic heterocycles. The number of fused-ring (bicyclic) bond motifs is 6. The van der Waals surface area contributed by atoms with Crippen LogP contribution in [0.25, 0.3) is 71.7 Å². The van der Waals surface area contributed by atoms with Crippen LogP contribution in [0.15, 0.2) is 199 Å². The van der Waals surface area contributed by atoms with Gasteiger partial charge in [-0.3, -0.25) is 0 Å². The van der Waals surface area contributed by atoms with Gasteiger partial charge >= 0.3 is 0 Å². The first-order chi connectivity index (χ1) is 25.3. The van der Waals surface area contributed by atoms with Crippen molar-refractivity contribution in [3.63, 3.8) is 0 Å². The van der Waals surface area contributed by atoms with Gasteiger partial charge < -0.3 is 13.9 Å². The van der Waals surface area contributed by atoms with E-state index in [9.17, 15) is 0 Å². The monoisotopic (exact) mass is 652 g/mol. The van der Waals surface area contributed by atoms with Crippen molar-refractivity contribution in [2.75, 3.05) is 4.90 Å². The summed E-state index contributed by atoms with van der Waals surface area (Å²) in [5.41, 5.74) is 13.3. The van der Waals surface area contributed by atoms with Gasteiger partial charge in [0.05, 0.1) is 11.0 Å². The molecule has 0 saturated carbocycles. The number of benzene rings is 8. The molecular formula is C48H32N2O. The van der Waals surface area contributed by atoms with Crippen LogP contribution in [0.5, 0.6) is 0 Å². The average Bonchev–Trinajstić information content (AvgIpc) is 3.75. The van der Waals surface area contributed by atoms with Crippen LogP contribution >= 0.6 is 0 Å². The van der Waals surface area contributed by atoms with Gasteiger partial charge in [-0.05, 0) is 89.5 Å². The van der Waals surface area contributed by atoms with E-state index in [1.54, 1.807) is 0 Å². The Morgan fingerprint density at radius 2 is 0.922 bits per heavy atom. The highest BCUT2D eigenvalue weighted by Crippen LogP contribution is 2.40. The van der Waals surface area contributed by atoms with E-state index in [1.165, 1.54) is 21.8 Å². The smallest absolute Gasteiger partial charge is 0.143 e. The zero-order valence-corrected chi connectivity index (χ0v) is 27.8. The van der Waals surface area contributed by atoms with Crippen molar-refractivity contribution in [3.05, 3.63) is 194 Å². The molecule has 3 heteroatoms. The molecule has 0 aliphatic heterocycles. The molecule has 2 heterocycles. The number of anilines is 3. The minimum atomic E-state index is 0.897. The summed E-state index contributed by atoms with van der Waals surface area (Å²) in [5.74, 6) is 0. The summed E-state index contributed by atoms with van der Waals surface area (Å²) >= 11 is 0. The van der Waals surface area contributed by atoms with Gasteiger partial charge in [0.15, 0.2) is 0 Å². The van der Waals surface area contributed by atoms with Gasteiger partial charge in [0.1, 0.15) is 11.2 Å². The molecule has 240 valence electrons. The fraction of sp³-hybridized carbons (Fsp3) is 0. The molecule has 0 saturated heterocycles. The Bertz CT molecular complexity index is 2780. The molecule has 0 radical (unpaired) electrons. The van der Waals surface area contributed by atoms with Crippen LogP contribution < -0.4 is 4.90 Å². The first-order valence-corrected chi connectivity index (χ1v) is 17.4. The topological polar surface area (TPSA) is 21.3 Å². The minimum absolute atomic E-state index is 0.897. The number of hydrogen-bond acceptors (Lipinski definition) is 2. The summed E-state index contributed by atoms with van der Waals surface area (Å²) in [7, 11) is 0. The van der Waals surface area contributed by atoms with Crippen molar-refractivity contribution in [2.45, 2.75) is 0 Å². The molecule has 0 aliphatic carbocycles. The lowest BCUT2D eigenvalue weighted by Gasteiger charge is -2.26. The second-order valence-electron chi connectivity index (χ2n) is 13.0. The predicted octanol–water partition coefficient (Wildman–Crippen LogP) is 13.5. The molecule has 0 atom stereocenters. The van der Waals surface area contributed by atoms with Crippen molar-refractivity contribution in [3.8, 4) is 27.9 Å². The number of nitrogens with zero attached hydrogens (tertiary/aromatic N) is 2. The Hall–Kier alpha value is -6.84. The summed E-state index contributed by atoms with van der Waals surface area (Å²) in [6.45, 7) is 0. The summed E-state index contributed by atoms with van der Waals surface area (Å²) in [6.07, 6.45) is 0. The second kappa shape index (κ2) is 11.9. The number of aromatic nitrogens is 1. The van der Waals surface area contributed by atoms with E-state index >= 15 is 0 Å². The SMILES string of the molecule is c1ccc(-c2cccc3c2oc2ccc(-c4ccc(N(c5ccccc5)c5ccc(-n6c7ccccc7c7ccccc76)cc5)cc4)cc23)cc1. The number of rotatable bonds is 6. The van der Waals surface area contributed by atoms with Crippen LogP contribution in [0.4, 0.5) is 17.1 Å². The zero-order valence-electron chi connectivity index (χ0n) is 27.8. The molecule has 0 fully saturated rings. The van der Waals surface area contributed by atoms with E-state index in [1.807, 2.05) is 6.07 Å². The average molecular weight is 653 g/mol. The Morgan fingerprint density at radius 3 is 1.61 bits per heavy atom. The van der Waals surface area contributed by atoms with Gasteiger partial charge in [0, 0.05) is 49.9 Å². The number of hydrogen-bond donors (Lipinski definition) is 0. The molecule has 3 nitrogen and oxygen atoms in total. The van der Waals surface area contributed by atoms with Gasteiger partial charge in [-0.2, -0.15) is 0 Å². The highest BCUT2D eigenvalue weighted by atomic mass is 16.3. The predicted molar refractivity (Wildman–Crippen MR) is 214 cm³/mol. The van der Waals surface area contributed by atoms with Crippen molar-refractivity contribution in [2.24, 2.45) is 0 Å². The maximum Gasteiger partial charge on any atom is 0.143 e. The van der Waals surface area contributed by atoms with Crippen molar-refractivity contribution in [1.82, 2.24) is 4.57 Å². The fourth-order valence-electron chi connectivity index (χ4n) is 7.60. The minimum Gasteiger partial charge on any atom is -0.455 e. The second-order valence-corrected chi connectivity index (χ2v) is 13.0. The highest BCUT2D eigenvalue weighted by molar-refractivity contribution is 6.11. The first kappa shape index (κ1) is 29.1. The van der Waals surface area contributed by atoms with Gasteiger partial charge in [0.2, 0.25) is 0 Å². The van der Waals surface area contributed by atoms with Gasteiger partial charge in [0.25, 0.3) is 0 Å². The molecule has 10 rings (SSSR count). The lowest BCUT2D eigenvalue weighted by atomic mass is 10.00. The Morgan fingerprint density at radius 1 is 0.373 bits per heavy atom. The Labute approximate surface area is 295 Å². The van der Waals surface area contributed by atoms with Crippen LogP contribution in [-0.2, 0) is 0 Å². The molecule has 0 spiro atoms. The quantitative estimate of drug-likeness (QED) is 0.178. The summed E-state index contributed by atoms with van der Waals surface area (Å²) in [5, 5.41) is 4.78. The first-order valence-electron chi connectivity index (χ1n) is 17.4. The molecule has 0 N–H and O–H groups in total. The fourth-order valence-corrected chi connectivity index (χ4v) is 7.60. The van der Waals surface area contributed by atoms with Gasteiger partial charge in [-0.25, -0.2) is 0 Å². The van der Waals surface area contributed by atoms with E-state index in [-0.39, 0.29) is 0 Å². The molecule has 51 heavy (non-hydrogen) atoms. The molecule has 0 amide bonds. The molecule has 0 bridgehead atoms. The molecule has 8 aromatic carbocycles. The Balaban J connectivity index is 1.02. The standard InChI is InChI=1S/C48H32N2O/c1-3-12-34(13-4-1)40-18-11-19-43-44-32-35(24-31-47(44)51-48(40)43)33-22-25-37(26-23-33)49(36-14-5-2-6-15-36)38-27-29-39(30-28-38)50-45-20-9-7-16-41(45)42-17-8-10-21-46(42)50/h1-32H. The van der Waals surface area contributed by atoms with Crippen molar-refractivity contribution in [1.29, 1.82) is 0 Å². The highest BCUT2D eigenvalue weighted by Gasteiger charge is 2.16. The van der Waals surface area contributed by atoms with E-state index in [0.29, 0.717) is 0 Å². The molecular weight excluding hydrogens is 621 g/mol. The number of para-hydroxylation sites is 4. The van der Waals surface area contributed by atoms with Crippen LogP contribution in [0.3, 0.4) is 0 Å². The summed E-state index contributed by atoms with van der Waals surface area (Å²) < 4.78 is 8.80.